The second-order valence-electron chi connectivity index (χ2n) is 3.53. The third-order valence-electron chi connectivity index (χ3n) is 2.48. The van der Waals surface area contributed by atoms with Crippen molar-refractivity contribution in [2.24, 2.45) is 4.99 Å². The van der Waals surface area contributed by atoms with Gasteiger partial charge >= 0.3 is 0 Å². The molecule has 1 unspecified atom stereocenters. The van der Waals surface area contributed by atoms with Gasteiger partial charge in [-0.3, -0.25) is 4.99 Å². The highest BCUT2D eigenvalue weighted by Crippen LogP contribution is 2.30. The van der Waals surface area contributed by atoms with Crippen LogP contribution in [0.25, 0.3) is 0 Å². The molecule has 0 bridgehead atoms. The molecule has 1 aromatic rings. The number of aliphatic imine (C=N–C) groups is 1. The molecule has 17 heavy (non-hydrogen) atoms. The highest BCUT2D eigenvalue weighted by molar-refractivity contribution is 9.10. The fourth-order valence-electron chi connectivity index (χ4n) is 1.50. The minimum atomic E-state index is -0.621. The summed E-state index contributed by atoms with van der Waals surface area (Å²) in [7, 11) is 0. The van der Waals surface area contributed by atoms with Crippen LogP contribution in [0.3, 0.4) is 0 Å². The normalized spacial score (nSPS) is 13.3. The van der Waals surface area contributed by atoms with Crippen LogP contribution in [-0.4, -0.2) is 6.72 Å². The van der Waals surface area contributed by atoms with E-state index >= 15 is 0 Å². The van der Waals surface area contributed by atoms with Crippen molar-refractivity contribution in [3.63, 3.8) is 0 Å². The van der Waals surface area contributed by atoms with Crippen LogP contribution in [0.2, 0.25) is 0 Å². The van der Waals surface area contributed by atoms with Crippen LogP contribution in [0.15, 0.2) is 46.0 Å². The van der Waals surface area contributed by atoms with Gasteiger partial charge in [0.1, 0.15) is 11.6 Å². The fourth-order valence-corrected chi connectivity index (χ4v) is 1.86. The molecule has 0 aliphatic heterocycles. The highest BCUT2D eigenvalue weighted by atomic mass is 79.9. The Morgan fingerprint density at radius 2 is 2.06 bits per heavy atom. The van der Waals surface area contributed by atoms with Gasteiger partial charge in [0.15, 0.2) is 0 Å². The topological polar surface area (TPSA) is 12.4 Å². The van der Waals surface area contributed by atoms with Crippen molar-refractivity contribution in [2.45, 2.75) is 12.8 Å². The van der Waals surface area contributed by atoms with Crippen LogP contribution in [0, 0.1) is 11.6 Å². The van der Waals surface area contributed by atoms with E-state index in [1.807, 2.05) is 0 Å². The van der Waals surface area contributed by atoms with Gasteiger partial charge in [-0.05, 0) is 39.9 Å². The molecule has 0 spiro atoms. The molecule has 0 aliphatic rings. The van der Waals surface area contributed by atoms with E-state index in [0.29, 0.717) is 5.56 Å². The summed E-state index contributed by atoms with van der Waals surface area (Å²) in [5.41, 5.74) is 1.10. The summed E-state index contributed by atoms with van der Waals surface area (Å²) in [6, 6.07) is 2.29. The van der Waals surface area contributed by atoms with Crippen molar-refractivity contribution in [1.29, 1.82) is 0 Å². The van der Waals surface area contributed by atoms with E-state index in [2.05, 4.69) is 34.2 Å². The Kier molecular flexibility index (Phi) is 4.75. The minimum Gasteiger partial charge on any atom is -0.272 e. The molecule has 0 saturated carbocycles. The lowest BCUT2D eigenvalue weighted by Crippen LogP contribution is -2.01. The summed E-state index contributed by atoms with van der Waals surface area (Å²) in [6.07, 6.45) is 3.09. The molecule has 90 valence electrons. The van der Waals surface area contributed by atoms with E-state index < -0.39 is 11.6 Å². The molecular formula is C13H12BrF2N. The number of rotatable bonds is 4. The standard InChI is InChI=1S/C13H12BrF2N/c1-4-9(7-17-3)8(2)10-5-11(14)13(16)6-12(10)15/h4-8H,1,3H2,2H3. The summed E-state index contributed by atoms with van der Waals surface area (Å²) in [5.74, 6) is -1.48. The summed E-state index contributed by atoms with van der Waals surface area (Å²) in [4.78, 5) is 3.63. The zero-order valence-corrected chi connectivity index (χ0v) is 11.0. The Balaban J connectivity index is 3.24. The zero-order chi connectivity index (χ0) is 13.0. The largest absolute Gasteiger partial charge is 0.272 e. The van der Waals surface area contributed by atoms with Crippen molar-refractivity contribution in [3.05, 3.63) is 58.2 Å². The van der Waals surface area contributed by atoms with Crippen LogP contribution in [0.4, 0.5) is 8.78 Å². The number of hydrogen-bond acceptors (Lipinski definition) is 1. The van der Waals surface area contributed by atoms with Crippen LogP contribution in [0.1, 0.15) is 18.4 Å². The van der Waals surface area contributed by atoms with Crippen LogP contribution in [-0.2, 0) is 0 Å². The van der Waals surface area contributed by atoms with Gasteiger partial charge < -0.3 is 0 Å². The maximum absolute atomic E-state index is 13.6. The van der Waals surface area contributed by atoms with Gasteiger partial charge in [-0.2, -0.15) is 0 Å². The van der Waals surface area contributed by atoms with Gasteiger partial charge in [-0.15, -0.1) is 0 Å². The Morgan fingerprint density at radius 1 is 1.41 bits per heavy atom. The average molecular weight is 300 g/mol. The van der Waals surface area contributed by atoms with Gasteiger partial charge in [0.05, 0.1) is 4.47 Å². The molecular weight excluding hydrogens is 288 g/mol. The second kappa shape index (κ2) is 5.87. The predicted octanol–water partition coefficient (Wildman–Crippen LogP) is 4.60. The van der Waals surface area contributed by atoms with E-state index in [1.54, 1.807) is 13.0 Å². The molecule has 1 nitrogen and oxygen atoms in total. The number of nitrogens with zero attached hydrogens (tertiary/aromatic N) is 1. The second-order valence-corrected chi connectivity index (χ2v) is 4.38. The van der Waals surface area contributed by atoms with Crippen LogP contribution < -0.4 is 0 Å². The Morgan fingerprint density at radius 3 is 2.59 bits per heavy atom. The lowest BCUT2D eigenvalue weighted by molar-refractivity contribution is 0.564. The summed E-state index contributed by atoms with van der Waals surface area (Å²) in [6.45, 7) is 8.77. The first kappa shape index (κ1) is 13.8. The molecule has 0 aliphatic carbocycles. The van der Waals surface area contributed by atoms with Gasteiger partial charge in [0, 0.05) is 18.2 Å². The number of hydrogen-bond donors (Lipinski definition) is 0. The molecule has 0 heterocycles. The van der Waals surface area contributed by atoms with Gasteiger partial charge in [-0.25, -0.2) is 8.78 Å². The van der Waals surface area contributed by atoms with Crippen molar-refractivity contribution >= 4 is 22.6 Å². The smallest absolute Gasteiger partial charge is 0.140 e. The molecule has 0 N–H and O–H groups in total. The first-order valence-corrected chi connectivity index (χ1v) is 5.73. The van der Waals surface area contributed by atoms with Crippen molar-refractivity contribution in [2.75, 3.05) is 0 Å². The van der Waals surface area contributed by atoms with E-state index in [1.165, 1.54) is 12.3 Å². The molecule has 0 aromatic heterocycles. The quantitative estimate of drug-likeness (QED) is 0.438. The fraction of sp³-hybridized carbons (Fsp3) is 0.154. The average Bonchev–Trinajstić information content (AvgIpc) is 2.30. The molecule has 4 heteroatoms. The Bertz CT molecular complexity index is 481. The Hall–Kier alpha value is -1.29. The maximum atomic E-state index is 13.6. The number of halogens is 3. The maximum Gasteiger partial charge on any atom is 0.140 e. The summed E-state index contributed by atoms with van der Waals surface area (Å²) in [5, 5.41) is 0. The summed E-state index contributed by atoms with van der Waals surface area (Å²) < 4.78 is 27.0. The van der Waals surface area contributed by atoms with E-state index in [0.717, 1.165) is 11.6 Å². The first-order chi connectivity index (χ1) is 8.01. The van der Waals surface area contributed by atoms with E-state index in [4.69, 9.17) is 0 Å². The third kappa shape index (κ3) is 3.09. The monoisotopic (exact) mass is 299 g/mol. The van der Waals surface area contributed by atoms with Crippen molar-refractivity contribution in [3.8, 4) is 0 Å². The molecule has 0 fully saturated rings. The number of allylic oxidation sites excluding steroid dienone is 2. The highest BCUT2D eigenvalue weighted by Gasteiger charge is 2.16. The van der Waals surface area contributed by atoms with Gasteiger partial charge in [0.25, 0.3) is 0 Å². The van der Waals surface area contributed by atoms with Crippen molar-refractivity contribution in [1.82, 2.24) is 0 Å². The SMILES string of the molecule is C=CC(=CN=C)C(C)c1cc(Br)c(F)cc1F. The molecule has 0 amide bonds. The van der Waals surface area contributed by atoms with Crippen LogP contribution in [0.5, 0.6) is 0 Å². The molecule has 0 radical (unpaired) electrons. The molecule has 1 rings (SSSR count). The molecule has 0 saturated heterocycles. The van der Waals surface area contributed by atoms with E-state index in [-0.39, 0.29) is 10.4 Å². The zero-order valence-electron chi connectivity index (χ0n) is 9.38. The van der Waals surface area contributed by atoms with Gasteiger partial charge in [0.2, 0.25) is 0 Å². The minimum absolute atomic E-state index is 0.232. The predicted molar refractivity (Wildman–Crippen MR) is 70.3 cm³/mol. The van der Waals surface area contributed by atoms with Gasteiger partial charge in [-0.1, -0.05) is 19.6 Å². The first-order valence-electron chi connectivity index (χ1n) is 4.94. The lowest BCUT2D eigenvalue weighted by atomic mass is 9.93. The van der Waals surface area contributed by atoms with Crippen LogP contribution >= 0.6 is 15.9 Å². The molecule has 1 aromatic carbocycles. The van der Waals surface area contributed by atoms with E-state index in [9.17, 15) is 8.78 Å². The lowest BCUT2D eigenvalue weighted by Gasteiger charge is -2.14. The summed E-state index contributed by atoms with van der Waals surface area (Å²) >= 11 is 3.04. The van der Waals surface area contributed by atoms with Crippen molar-refractivity contribution < 1.29 is 8.78 Å². The third-order valence-corrected chi connectivity index (χ3v) is 3.09. The Labute approximate surface area is 108 Å². The number of benzene rings is 1. The molecule has 1 atom stereocenters.